The van der Waals surface area contributed by atoms with Gasteiger partial charge in [-0.3, -0.25) is 4.55 Å². The fourth-order valence-corrected chi connectivity index (χ4v) is 21.9. The summed E-state index contributed by atoms with van der Waals surface area (Å²) in [5, 5.41) is 34.7. The monoisotopic (exact) mass is 993 g/mol. The third-order valence-corrected chi connectivity index (χ3v) is 25.4. The topological polar surface area (TPSA) is 161 Å². The van der Waals surface area contributed by atoms with Crippen LogP contribution in [-0.2, 0) is 33.5 Å². The first-order valence-corrected chi connectivity index (χ1v) is 29.4. The molecule has 0 aromatic heterocycles. The minimum atomic E-state index is -4.74. The molecule has 6 saturated heterocycles. The van der Waals surface area contributed by atoms with E-state index in [-0.39, 0.29) is 51.5 Å². The van der Waals surface area contributed by atoms with Crippen molar-refractivity contribution >= 4 is 10.4 Å². The first kappa shape index (κ1) is 49.7. The van der Waals surface area contributed by atoms with Gasteiger partial charge < -0.3 is 34.3 Å². The van der Waals surface area contributed by atoms with Crippen LogP contribution in [0.25, 0.3) is 0 Å². The Morgan fingerprint density at radius 1 is 0.814 bits per heavy atom. The summed E-state index contributed by atoms with van der Waals surface area (Å²) < 4.78 is 68.4. The van der Waals surface area contributed by atoms with Crippen LogP contribution in [0.3, 0.4) is 0 Å². The lowest BCUT2D eigenvalue weighted by Gasteiger charge is -2.68. The summed E-state index contributed by atoms with van der Waals surface area (Å²) in [6.07, 6.45) is 16.9. The summed E-state index contributed by atoms with van der Waals surface area (Å²) in [6.45, 7) is 26.0. The van der Waals surface area contributed by atoms with E-state index in [1.165, 1.54) is 35.1 Å². The Morgan fingerprint density at radius 2 is 1.49 bits per heavy atom. The van der Waals surface area contributed by atoms with Gasteiger partial charge in [0, 0.05) is 34.0 Å². The second kappa shape index (κ2) is 15.3. The highest BCUT2D eigenvalue weighted by atomic mass is 32.3. The number of hydrogen-bond donors (Lipinski definition) is 4. The third kappa shape index (κ3) is 6.39. The lowest BCUT2D eigenvalue weighted by molar-refractivity contribution is -0.375. The van der Waals surface area contributed by atoms with Gasteiger partial charge in [-0.05, 0) is 176 Å². The van der Waals surface area contributed by atoms with Crippen molar-refractivity contribution in [3.63, 3.8) is 0 Å². The van der Waals surface area contributed by atoms with Crippen LogP contribution in [0.15, 0.2) is 33.9 Å². The fraction of sp³-hybridized carbons (Fsp3) is 0.897. The van der Waals surface area contributed by atoms with Gasteiger partial charge in [0.05, 0.1) is 42.7 Å². The molecule has 0 aromatic carbocycles. The van der Waals surface area contributed by atoms with Crippen LogP contribution in [0.1, 0.15) is 185 Å². The van der Waals surface area contributed by atoms with Gasteiger partial charge in [0.15, 0.2) is 5.79 Å². The predicted octanol–water partition coefficient (Wildman–Crippen LogP) is 10.6. The van der Waals surface area contributed by atoms with E-state index in [0.717, 1.165) is 77.0 Å². The number of hydrogen-bond acceptors (Lipinski definition) is 10. The lowest BCUT2D eigenvalue weighted by atomic mass is 9.42. The number of ether oxygens (including phenoxy) is 4. The summed E-state index contributed by atoms with van der Waals surface area (Å²) in [7, 11) is -4.74. The minimum Gasteiger partial charge on any atom is -0.387 e. The zero-order valence-electron chi connectivity index (χ0n) is 44.5. The Kier molecular flexibility index (Phi) is 10.8. The van der Waals surface area contributed by atoms with E-state index < -0.39 is 50.4 Å². The lowest BCUT2D eigenvalue weighted by Crippen LogP contribution is -2.71. The maximum Gasteiger partial charge on any atom is 0.397 e. The molecule has 14 rings (SSSR count). The Bertz CT molecular complexity index is 2410. The van der Waals surface area contributed by atoms with Crippen LogP contribution in [0.2, 0.25) is 0 Å². The van der Waals surface area contributed by atoms with E-state index in [1.54, 1.807) is 5.57 Å². The number of allylic oxidation sites excluding steroid dienone is 2. The number of aliphatic hydroxyl groups excluding tert-OH is 1. The summed E-state index contributed by atoms with van der Waals surface area (Å²) in [5.74, 6) is -0.105. The van der Waals surface area contributed by atoms with Crippen LogP contribution in [0.5, 0.6) is 0 Å². The van der Waals surface area contributed by atoms with Gasteiger partial charge in [-0.25, -0.2) is 4.18 Å². The van der Waals surface area contributed by atoms with Crippen molar-refractivity contribution in [2.45, 2.75) is 233 Å². The van der Waals surface area contributed by atoms with Gasteiger partial charge in [0.2, 0.25) is 5.79 Å². The first-order chi connectivity index (χ1) is 32.5. The van der Waals surface area contributed by atoms with Crippen LogP contribution >= 0.6 is 0 Å². The Hall–Kier alpha value is -1.19. The van der Waals surface area contributed by atoms with E-state index in [9.17, 15) is 28.3 Å². The molecule has 10 fully saturated rings. The molecule has 6 aliphatic heterocycles. The van der Waals surface area contributed by atoms with Gasteiger partial charge >= 0.3 is 10.4 Å². The van der Waals surface area contributed by atoms with Crippen LogP contribution in [-0.4, -0.2) is 88.7 Å². The quantitative estimate of drug-likeness (QED) is 0.135. The standard InChI is InChI=1S/C58H88O11S/c1-32(37-14-16-39-35-13-18-45-49(3,4)58(61)46(59)29-56(45,31-66-58)41(35)20-22-52(37,39)9)12-19-47-54(11)28-34(51(7,8)69-54)26-43(67-47)33(2)38-15-17-40-36-27-44(68-70(62,63)64)48-50(5,6)57(60)25-24-55(48,30-65-57)42(36)21-23-53(38,40)10/h18,32-34,37-40,43-44,46-48,59-61H,12-17,19-31H2,1-11H3,(H,62,63,64). The summed E-state index contributed by atoms with van der Waals surface area (Å²) in [6, 6.07) is 0. The predicted molar refractivity (Wildman–Crippen MR) is 265 cm³/mol. The Morgan fingerprint density at radius 3 is 2.16 bits per heavy atom. The minimum absolute atomic E-state index is 0.00107. The first-order valence-electron chi connectivity index (χ1n) is 28.1. The van der Waals surface area contributed by atoms with Crippen molar-refractivity contribution in [1.82, 2.24) is 0 Å². The molecule has 4 saturated carbocycles. The van der Waals surface area contributed by atoms with Crippen molar-refractivity contribution in [2.24, 2.45) is 79.8 Å². The largest absolute Gasteiger partial charge is 0.397 e. The van der Waals surface area contributed by atoms with Crippen molar-refractivity contribution in [1.29, 1.82) is 0 Å². The van der Waals surface area contributed by atoms with Crippen LogP contribution in [0.4, 0.5) is 0 Å². The molecule has 11 nitrogen and oxygen atoms in total. The van der Waals surface area contributed by atoms with Gasteiger partial charge in [0.1, 0.15) is 6.10 Å². The van der Waals surface area contributed by atoms with Crippen molar-refractivity contribution in [2.75, 3.05) is 13.2 Å². The molecule has 14 aliphatic rings. The van der Waals surface area contributed by atoms with E-state index in [1.807, 2.05) is 13.8 Å². The van der Waals surface area contributed by atoms with Crippen molar-refractivity contribution in [3.05, 3.63) is 33.9 Å². The summed E-state index contributed by atoms with van der Waals surface area (Å²) >= 11 is 0. The second-order valence-electron chi connectivity index (χ2n) is 28.7. The Balaban J connectivity index is 0.778. The molecular formula is C58H88O11S. The van der Waals surface area contributed by atoms with E-state index >= 15 is 0 Å². The van der Waals surface area contributed by atoms with Gasteiger partial charge in [0.25, 0.3) is 0 Å². The highest BCUT2D eigenvalue weighted by molar-refractivity contribution is 7.80. The zero-order valence-corrected chi connectivity index (χ0v) is 45.3. The molecule has 0 aromatic rings. The number of aliphatic hydroxyl groups is 3. The zero-order chi connectivity index (χ0) is 50.0. The van der Waals surface area contributed by atoms with E-state index in [2.05, 4.69) is 68.4 Å². The van der Waals surface area contributed by atoms with E-state index in [0.29, 0.717) is 68.0 Å². The number of rotatable bonds is 8. The molecule has 0 radical (unpaired) electrons. The smallest absolute Gasteiger partial charge is 0.387 e. The van der Waals surface area contributed by atoms with Crippen molar-refractivity contribution < 1.29 is 51.4 Å². The molecule has 4 N–H and O–H groups in total. The maximum absolute atomic E-state index is 12.6. The van der Waals surface area contributed by atoms with E-state index in [4.69, 9.17) is 23.1 Å². The Labute approximate surface area is 419 Å². The molecule has 19 atom stereocenters. The van der Waals surface area contributed by atoms with Crippen LogP contribution in [0, 0.1) is 79.8 Å². The molecule has 6 heterocycles. The molecule has 6 bridgehead atoms. The molecular weight excluding hydrogens is 905 g/mol. The molecule has 19 unspecified atom stereocenters. The molecule has 8 aliphatic carbocycles. The maximum atomic E-state index is 12.6. The van der Waals surface area contributed by atoms with Gasteiger partial charge in [-0.2, -0.15) is 8.42 Å². The molecule has 2 spiro atoms. The normalized spacial score (nSPS) is 52.2. The summed E-state index contributed by atoms with van der Waals surface area (Å²) in [4.78, 5) is 0. The summed E-state index contributed by atoms with van der Waals surface area (Å²) in [5.41, 5.74) is 4.66. The highest BCUT2D eigenvalue weighted by Gasteiger charge is 2.73. The SMILES string of the molecule is CC(CCC1OC(C(C)C2CCC3C4=C(CCC32C)C23CCC(O)(OC2)C(C)(C)C3C(OS(=O)(=O)O)C4)CC2CC1(C)OC2(C)C)C1CCC2C3=C(CCC21C)C12COC(O)(C(O)C1)C(C)(C)C2=CC3. The molecule has 392 valence electrons. The molecule has 12 heteroatoms. The van der Waals surface area contributed by atoms with Crippen molar-refractivity contribution in [3.8, 4) is 0 Å². The second-order valence-corrected chi connectivity index (χ2v) is 29.7. The average Bonchev–Trinajstić information content (AvgIpc) is 3.85. The third-order valence-electron chi connectivity index (χ3n) is 24.9. The average molecular weight is 993 g/mol. The van der Waals surface area contributed by atoms with Gasteiger partial charge in [-0.1, -0.05) is 89.3 Å². The van der Waals surface area contributed by atoms with Crippen LogP contribution < -0.4 is 0 Å². The molecule has 70 heavy (non-hydrogen) atoms. The highest BCUT2D eigenvalue weighted by Crippen LogP contribution is 2.74. The number of fused-ring (bicyclic) bond motifs is 10. The van der Waals surface area contributed by atoms with Gasteiger partial charge in [-0.15, -0.1) is 0 Å². The fourth-order valence-electron chi connectivity index (χ4n) is 21.4. The molecule has 0 amide bonds.